The van der Waals surface area contributed by atoms with Crippen LogP contribution in [0, 0.1) is 5.92 Å². The zero-order chi connectivity index (χ0) is 20.6. The molecule has 0 radical (unpaired) electrons. The van der Waals surface area contributed by atoms with Crippen molar-refractivity contribution < 1.29 is 4.74 Å². The normalized spacial score (nSPS) is 31.1. The Kier molecular flexibility index (Phi) is 4.09. The van der Waals surface area contributed by atoms with Gasteiger partial charge in [0.25, 0.3) is 0 Å². The molecular formula is C24H28ClN5O. The van der Waals surface area contributed by atoms with E-state index in [0.717, 1.165) is 66.7 Å². The minimum Gasteiger partial charge on any atom is -0.380 e. The molecule has 3 aliphatic carbocycles. The Balaban J connectivity index is 1.17. The van der Waals surface area contributed by atoms with Crippen molar-refractivity contribution in [3.05, 3.63) is 41.3 Å². The first-order valence-corrected chi connectivity index (χ1v) is 12.1. The van der Waals surface area contributed by atoms with E-state index >= 15 is 0 Å². The molecule has 0 amide bonds. The van der Waals surface area contributed by atoms with Gasteiger partial charge in [0, 0.05) is 23.1 Å². The van der Waals surface area contributed by atoms with Crippen LogP contribution in [0.5, 0.6) is 0 Å². The molecule has 2 bridgehead atoms. The van der Waals surface area contributed by atoms with E-state index in [0.29, 0.717) is 17.5 Å². The Morgan fingerprint density at radius 3 is 2.58 bits per heavy atom. The Morgan fingerprint density at radius 1 is 1.03 bits per heavy atom. The Labute approximate surface area is 187 Å². The first kappa shape index (κ1) is 18.7. The molecule has 7 heteroatoms. The standard InChI is InChI=1S/C24H28ClN5O/c25-22-7-18-12-27-30(20-13-26-29(14-20)24-9-16(10-24)11-24)23(18)8-21(22)17-1-4-28(5-2-17)19-3-6-31-15-19/h7-8,12-14,16-17,19H,1-6,9-11,15H2. The second-order valence-electron chi connectivity index (χ2n) is 10.2. The van der Waals surface area contributed by atoms with Crippen molar-refractivity contribution in [1.29, 1.82) is 0 Å². The molecule has 5 aliphatic rings. The minimum absolute atomic E-state index is 0.304. The zero-order valence-electron chi connectivity index (χ0n) is 17.7. The summed E-state index contributed by atoms with van der Waals surface area (Å²) in [4.78, 5) is 2.61. The maximum atomic E-state index is 6.76. The van der Waals surface area contributed by atoms with Gasteiger partial charge in [-0.3, -0.25) is 9.58 Å². The van der Waals surface area contributed by atoms with Gasteiger partial charge in [0.05, 0.1) is 36.3 Å². The highest BCUT2D eigenvalue weighted by Gasteiger charge is 2.58. The number of fused-ring (bicyclic) bond motifs is 1. The zero-order valence-corrected chi connectivity index (χ0v) is 18.5. The summed E-state index contributed by atoms with van der Waals surface area (Å²) in [7, 11) is 0. The molecular weight excluding hydrogens is 410 g/mol. The molecule has 1 aromatic carbocycles. The highest BCUT2D eigenvalue weighted by Crippen LogP contribution is 2.62. The van der Waals surface area contributed by atoms with Gasteiger partial charge >= 0.3 is 0 Å². The lowest BCUT2D eigenvalue weighted by molar-refractivity contribution is -0.0977. The molecule has 2 saturated heterocycles. The number of benzene rings is 1. The molecule has 0 N–H and O–H groups in total. The maximum absolute atomic E-state index is 6.76. The van der Waals surface area contributed by atoms with Gasteiger partial charge in [-0.15, -0.1) is 0 Å². The Hall–Kier alpha value is -1.89. The summed E-state index contributed by atoms with van der Waals surface area (Å²) >= 11 is 6.76. The molecule has 0 spiro atoms. The Morgan fingerprint density at radius 2 is 1.87 bits per heavy atom. The maximum Gasteiger partial charge on any atom is 0.103 e. The predicted molar refractivity (Wildman–Crippen MR) is 120 cm³/mol. The average molecular weight is 438 g/mol. The predicted octanol–water partition coefficient (Wildman–Crippen LogP) is 4.35. The quantitative estimate of drug-likeness (QED) is 0.608. The SMILES string of the molecule is Clc1cc2cnn(-c3cnn(C45CC(C4)C5)c3)c2cc1C1CCN(C2CCOC2)CC1. The van der Waals surface area contributed by atoms with E-state index in [1.807, 2.05) is 17.1 Å². The summed E-state index contributed by atoms with van der Waals surface area (Å²) in [6, 6.07) is 4.98. The number of hydrogen-bond donors (Lipinski definition) is 0. The third-order valence-electron chi connectivity index (χ3n) is 8.38. The summed E-state index contributed by atoms with van der Waals surface area (Å²) in [6.45, 7) is 4.06. The van der Waals surface area contributed by atoms with Gasteiger partial charge in [-0.2, -0.15) is 10.2 Å². The fourth-order valence-corrected chi connectivity index (χ4v) is 6.69. The number of ether oxygens (including phenoxy) is 1. The summed E-state index contributed by atoms with van der Waals surface area (Å²) in [5.74, 6) is 1.44. The molecule has 8 rings (SSSR count). The summed E-state index contributed by atoms with van der Waals surface area (Å²) in [5.41, 5.74) is 3.75. The first-order valence-electron chi connectivity index (χ1n) is 11.7. The summed E-state index contributed by atoms with van der Waals surface area (Å²) < 4.78 is 9.82. The van der Waals surface area contributed by atoms with Crippen molar-refractivity contribution in [2.75, 3.05) is 26.3 Å². The van der Waals surface area contributed by atoms with Gasteiger partial charge in [-0.25, -0.2) is 4.68 Å². The van der Waals surface area contributed by atoms with Crippen LogP contribution in [0.3, 0.4) is 0 Å². The third kappa shape index (κ3) is 2.84. The van der Waals surface area contributed by atoms with Crippen LogP contribution in [-0.4, -0.2) is 56.8 Å². The van der Waals surface area contributed by atoms with Gasteiger partial charge in [-0.05, 0) is 81.1 Å². The van der Waals surface area contributed by atoms with Crippen LogP contribution < -0.4 is 0 Å². The van der Waals surface area contributed by atoms with Crippen LogP contribution in [-0.2, 0) is 10.3 Å². The number of nitrogens with zero attached hydrogens (tertiary/aromatic N) is 5. The van der Waals surface area contributed by atoms with Crippen LogP contribution in [0.4, 0.5) is 0 Å². The lowest BCUT2D eigenvalue weighted by Gasteiger charge is -2.61. The number of halogens is 1. The van der Waals surface area contributed by atoms with E-state index < -0.39 is 0 Å². The topological polar surface area (TPSA) is 48.1 Å². The van der Waals surface area contributed by atoms with Crippen molar-refractivity contribution in [2.45, 2.75) is 56.0 Å². The molecule has 4 heterocycles. The van der Waals surface area contributed by atoms with Crippen LogP contribution in [0.2, 0.25) is 5.02 Å². The summed E-state index contributed by atoms with van der Waals surface area (Å²) in [5, 5.41) is 11.4. The number of rotatable bonds is 4. The molecule has 2 aromatic heterocycles. The molecule has 5 fully saturated rings. The van der Waals surface area contributed by atoms with E-state index in [1.165, 1.54) is 31.2 Å². The fraction of sp³-hybridized carbons (Fsp3) is 0.583. The fourth-order valence-electron chi connectivity index (χ4n) is 6.36. The molecule has 31 heavy (non-hydrogen) atoms. The lowest BCUT2D eigenvalue weighted by Crippen LogP contribution is -2.59. The molecule has 1 unspecified atom stereocenters. The second kappa shape index (κ2) is 6.80. The molecule has 2 aliphatic heterocycles. The van der Waals surface area contributed by atoms with E-state index in [9.17, 15) is 0 Å². The van der Waals surface area contributed by atoms with E-state index in [4.69, 9.17) is 26.5 Å². The monoisotopic (exact) mass is 437 g/mol. The highest BCUT2D eigenvalue weighted by atomic mass is 35.5. The number of aromatic nitrogens is 4. The minimum atomic E-state index is 0.304. The van der Waals surface area contributed by atoms with Gasteiger partial charge in [0.1, 0.15) is 5.69 Å². The highest BCUT2D eigenvalue weighted by molar-refractivity contribution is 6.32. The van der Waals surface area contributed by atoms with Crippen LogP contribution >= 0.6 is 11.6 Å². The van der Waals surface area contributed by atoms with E-state index in [-0.39, 0.29) is 0 Å². The van der Waals surface area contributed by atoms with Gasteiger partial charge in [0.15, 0.2) is 0 Å². The number of hydrogen-bond acceptors (Lipinski definition) is 4. The van der Waals surface area contributed by atoms with Crippen molar-refractivity contribution in [2.24, 2.45) is 5.92 Å². The smallest absolute Gasteiger partial charge is 0.103 e. The van der Waals surface area contributed by atoms with Gasteiger partial charge in [-0.1, -0.05) is 11.6 Å². The molecule has 6 nitrogen and oxygen atoms in total. The molecule has 3 saturated carbocycles. The van der Waals surface area contributed by atoms with Crippen molar-refractivity contribution in [1.82, 2.24) is 24.5 Å². The van der Waals surface area contributed by atoms with E-state index in [1.54, 1.807) is 0 Å². The second-order valence-corrected chi connectivity index (χ2v) is 10.6. The molecule has 162 valence electrons. The van der Waals surface area contributed by atoms with Gasteiger partial charge in [0.2, 0.25) is 0 Å². The summed E-state index contributed by atoms with van der Waals surface area (Å²) in [6.07, 6.45) is 13.4. The average Bonchev–Trinajstić information content (AvgIpc) is 3.46. The van der Waals surface area contributed by atoms with Crippen molar-refractivity contribution in [3.63, 3.8) is 0 Å². The first-order chi connectivity index (χ1) is 15.2. The Bertz CT molecular complexity index is 1120. The van der Waals surface area contributed by atoms with Crippen molar-refractivity contribution >= 4 is 22.5 Å². The van der Waals surface area contributed by atoms with Crippen molar-refractivity contribution in [3.8, 4) is 5.69 Å². The van der Waals surface area contributed by atoms with E-state index in [2.05, 4.69) is 27.9 Å². The van der Waals surface area contributed by atoms with Crippen LogP contribution in [0.25, 0.3) is 16.6 Å². The molecule has 3 aromatic rings. The largest absolute Gasteiger partial charge is 0.380 e. The third-order valence-corrected chi connectivity index (χ3v) is 8.71. The van der Waals surface area contributed by atoms with Gasteiger partial charge < -0.3 is 4.74 Å². The van der Waals surface area contributed by atoms with Crippen LogP contribution in [0.15, 0.2) is 30.7 Å². The van der Waals surface area contributed by atoms with Crippen LogP contribution in [0.1, 0.15) is 50.0 Å². The molecule has 1 atom stereocenters. The number of likely N-dealkylation sites (tertiary alicyclic amines) is 1. The number of piperidine rings is 1. The lowest BCUT2D eigenvalue weighted by atomic mass is 9.50.